The number of hydrogen-bond acceptors (Lipinski definition) is 10. The second-order valence-electron chi connectivity index (χ2n) is 9.47. The van der Waals surface area contributed by atoms with Crippen molar-refractivity contribution in [3.8, 4) is 11.6 Å². The molecule has 3 amide bonds. The zero-order valence-corrected chi connectivity index (χ0v) is 21.9. The predicted octanol–water partition coefficient (Wildman–Crippen LogP) is 1.19. The monoisotopic (exact) mass is 572 g/mol. The van der Waals surface area contributed by atoms with Gasteiger partial charge < -0.3 is 30.9 Å². The average Bonchev–Trinajstić information content (AvgIpc) is 3.13. The number of nitrogens with one attached hydrogen (secondary N) is 2. The first kappa shape index (κ1) is 26.4. The van der Waals surface area contributed by atoms with Crippen LogP contribution in [-0.2, 0) is 14.4 Å². The Morgan fingerprint density at radius 3 is 2.51 bits per heavy atom. The number of benzene rings is 1. The number of β-lactam (4-membered cyclic amide) rings is 1. The summed E-state index contributed by atoms with van der Waals surface area (Å²) >= 11 is 7.19. The van der Waals surface area contributed by atoms with Crippen LogP contribution in [0, 0.1) is 0 Å². The molecule has 0 spiro atoms. The molecule has 0 aliphatic carbocycles. The third kappa shape index (κ3) is 4.65. The summed E-state index contributed by atoms with van der Waals surface area (Å²) in [5, 5.41) is 34.3. The van der Waals surface area contributed by atoms with Crippen LogP contribution < -0.4 is 10.6 Å². The topological polar surface area (TPSA) is 195 Å². The minimum Gasteiger partial charge on any atom is -0.508 e. The Balaban J connectivity index is 1.41. The van der Waals surface area contributed by atoms with Gasteiger partial charge in [-0.3, -0.25) is 14.4 Å². The number of carboxylic acid groups (broad SMARTS) is 1. The molecule has 4 atom stereocenters. The number of hydrogen-bond donors (Lipinski definition) is 5. The Kier molecular flexibility index (Phi) is 6.47. The minimum atomic E-state index is -1.39. The van der Waals surface area contributed by atoms with Gasteiger partial charge in [0.15, 0.2) is 11.3 Å². The number of aliphatic carboxylic acids is 1. The fourth-order valence-corrected chi connectivity index (χ4v) is 6.39. The number of amides is 3. The molecule has 2 aromatic heterocycles. The van der Waals surface area contributed by atoms with E-state index in [0.29, 0.717) is 0 Å². The number of carboxylic acids is 1. The maximum atomic E-state index is 13.4. The SMILES string of the molecule is CC1(C)S[C@@H]2[C@H](NC(=O)C(NC(=O)c3nc4cc(Cl)cnc4nc3O)c3ccc(O)cc3)C(=O)N2[C@H]1C(=O)O. The van der Waals surface area contributed by atoms with Gasteiger partial charge in [0.25, 0.3) is 5.91 Å². The smallest absolute Gasteiger partial charge is 0.327 e. The van der Waals surface area contributed by atoms with Crippen molar-refractivity contribution >= 4 is 58.2 Å². The molecule has 3 aromatic rings. The largest absolute Gasteiger partial charge is 0.508 e. The van der Waals surface area contributed by atoms with E-state index in [2.05, 4.69) is 25.6 Å². The number of halogens is 1. The molecular formula is C24H21ClN6O7S. The maximum absolute atomic E-state index is 13.4. The zero-order chi connectivity index (χ0) is 28.2. The number of aromatic nitrogens is 3. The summed E-state index contributed by atoms with van der Waals surface area (Å²) in [4.78, 5) is 64.4. The summed E-state index contributed by atoms with van der Waals surface area (Å²) < 4.78 is -0.791. The number of thioether (sulfide) groups is 1. The Hall–Kier alpha value is -4.17. The first-order valence-corrected chi connectivity index (χ1v) is 12.8. The van der Waals surface area contributed by atoms with Crippen molar-refractivity contribution in [3.05, 3.63) is 52.8 Å². The van der Waals surface area contributed by atoms with Gasteiger partial charge in [-0.05, 0) is 37.6 Å². The van der Waals surface area contributed by atoms with E-state index in [1.807, 2.05) is 0 Å². The van der Waals surface area contributed by atoms with Crippen LogP contribution in [0.3, 0.4) is 0 Å². The van der Waals surface area contributed by atoms with E-state index in [1.54, 1.807) is 13.8 Å². The molecule has 0 radical (unpaired) electrons. The summed E-state index contributed by atoms with van der Waals surface area (Å²) in [5.74, 6) is -4.25. The van der Waals surface area contributed by atoms with Gasteiger partial charge in [-0.1, -0.05) is 23.7 Å². The number of rotatable bonds is 6. The molecule has 13 nitrogen and oxygen atoms in total. The summed E-state index contributed by atoms with van der Waals surface area (Å²) in [6, 6.07) is 3.36. The van der Waals surface area contributed by atoms with Gasteiger partial charge in [0.2, 0.25) is 17.7 Å². The van der Waals surface area contributed by atoms with Crippen molar-refractivity contribution in [2.24, 2.45) is 0 Å². The van der Waals surface area contributed by atoms with Crippen molar-refractivity contribution in [3.63, 3.8) is 0 Å². The molecular weight excluding hydrogens is 552 g/mol. The lowest BCUT2D eigenvalue weighted by Gasteiger charge is -2.44. The van der Waals surface area contributed by atoms with Crippen molar-refractivity contribution < 1.29 is 34.5 Å². The minimum absolute atomic E-state index is 0.0472. The van der Waals surface area contributed by atoms with Crippen LogP contribution in [0.25, 0.3) is 11.2 Å². The number of phenols is 1. The summed E-state index contributed by atoms with van der Waals surface area (Å²) in [6.07, 6.45) is 1.30. The molecule has 202 valence electrons. The van der Waals surface area contributed by atoms with Crippen molar-refractivity contribution in [2.45, 2.75) is 42.1 Å². The number of phenolic OH excluding ortho intramolecular Hbond substituents is 1. The maximum Gasteiger partial charge on any atom is 0.327 e. The normalized spacial score (nSPS) is 22.1. The van der Waals surface area contributed by atoms with E-state index < -0.39 is 63.5 Å². The highest BCUT2D eigenvalue weighted by Gasteiger charge is 2.64. The molecule has 1 unspecified atom stereocenters. The van der Waals surface area contributed by atoms with Crippen LogP contribution >= 0.6 is 23.4 Å². The number of pyridine rings is 1. The van der Waals surface area contributed by atoms with Gasteiger partial charge in [0.05, 0.1) is 5.02 Å². The van der Waals surface area contributed by atoms with Crippen LogP contribution in [0.15, 0.2) is 36.5 Å². The first-order chi connectivity index (χ1) is 18.4. The third-order valence-corrected chi connectivity index (χ3v) is 8.20. The number of carbonyl (C=O) groups is 4. The summed E-state index contributed by atoms with van der Waals surface area (Å²) in [5.41, 5.74) is -0.0643. The number of fused-ring (bicyclic) bond motifs is 2. The Bertz CT molecular complexity index is 1540. The van der Waals surface area contributed by atoms with Crippen molar-refractivity contribution in [2.75, 3.05) is 0 Å². The highest BCUT2D eigenvalue weighted by molar-refractivity contribution is 8.01. The highest BCUT2D eigenvalue weighted by atomic mass is 35.5. The quantitative estimate of drug-likeness (QED) is 0.266. The summed E-state index contributed by atoms with van der Waals surface area (Å²) in [7, 11) is 0. The fraction of sp³-hybridized carbons (Fsp3) is 0.292. The molecule has 39 heavy (non-hydrogen) atoms. The predicted molar refractivity (Wildman–Crippen MR) is 138 cm³/mol. The second kappa shape index (κ2) is 9.54. The second-order valence-corrected chi connectivity index (χ2v) is 11.7. The van der Waals surface area contributed by atoms with Crippen LogP contribution in [0.5, 0.6) is 11.6 Å². The number of carbonyl (C=O) groups excluding carboxylic acids is 3. The van der Waals surface area contributed by atoms with E-state index >= 15 is 0 Å². The zero-order valence-electron chi connectivity index (χ0n) is 20.3. The first-order valence-electron chi connectivity index (χ1n) is 11.5. The highest BCUT2D eigenvalue weighted by Crippen LogP contribution is 2.50. The molecule has 2 saturated heterocycles. The Morgan fingerprint density at radius 2 is 1.85 bits per heavy atom. The Morgan fingerprint density at radius 1 is 1.15 bits per heavy atom. The van der Waals surface area contributed by atoms with E-state index in [1.165, 1.54) is 53.2 Å². The number of nitrogens with zero attached hydrogens (tertiary/aromatic N) is 4. The molecule has 4 heterocycles. The fourth-order valence-electron chi connectivity index (χ4n) is 4.61. The van der Waals surface area contributed by atoms with Crippen molar-refractivity contribution in [1.82, 2.24) is 30.5 Å². The van der Waals surface area contributed by atoms with E-state index in [9.17, 15) is 34.5 Å². The molecule has 0 bridgehead atoms. The van der Waals surface area contributed by atoms with Gasteiger partial charge in [-0.25, -0.2) is 14.8 Å². The van der Waals surface area contributed by atoms with Gasteiger partial charge in [-0.2, -0.15) is 4.98 Å². The molecule has 0 saturated carbocycles. The standard InChI is InChI=1S/C24H21ClN6O7S/c1-24(2)16(23(37)38)31-21(36)15(22(31)39-24)29-18(33)13(9-3-5-11(32)6-4-9)28-19(34)14-20(35)30-17-12(27-14)7-10(25)8-26-17/h3-8,13,15-16,22,32H,1-2H3,(H,28,34)(H,29,33)(H,37,38)(H,26,30,35)/t13?,15-,16+,22-/m1/s1. The molecule has 5 rings (SSSR count). The van der Waals surface area contributed by atoms with Gasteiger partial charge >= 0.3 is 5.97 Å². The van der Waals surface area contributed by atoms with Crippen LogP contribution in [0.2, 0.25) is 5.02 Å². The Labute approximate surface area is 229 Å². The van der Waals surface area contributed by atoms with Gasteiger partial charge in [0, 0.05) is 10.9 Å². The van der Waals surface area contributed by atoms with E-state index in [-0.39, 0.29) is 27.5 Å². The van der Waals surface area contributed by atoms with E-state index in [0.717, 1.165) is 0 Å². The van der Waals surface area contributed by atoms with Crippen LogP contribution in [0.1, 0.15) is 35.9 Å². The average molecular weight is 573 g/mol. The van der Waals surface area contributed by atoms with Gasteiger partial charge in [-0.15, -0.1) is 11.8 Å². The van der Waals surface area contributed by atoms with E-state index in [4.69, 9.17) is 11.6 Å². The van der Waals surface area contributed by atoms with Crippen LogP contribution in [0.4, 0.5) is 0 Å². The summed E-state index contributed by atoms with van der Waals surface area (Å²) in [6.45, 7) is 3.42. The molecule has 5 N–H and O–H groups in total. The molecule has 15 heteroatoms. The lowest BCUT2D eigenvalue weighted by Crippen LogP contribution is -2.71. The number of aromatic hydroxyl groups is 2. The van der Waals surface area contributed by atoms with Gasteiger partial charge in [0.1, 0.15) is 34.8 Å². The van der Waals surface area contributed by atoms with Crippen LogP contribution in [-0.4, -0.2) is 81.1 Å². The molecule has 2 fully saturated rings. The van der Waals surface area contributed by atoms with Crippen molar-refractivity contribution in [1.29, 1.82) is 0 Å². The lowest BCUT2D eigenvalue weighted by atomic mass is 9.95. The molecule has 1 aromatic carbocycles. The molecule has 2 aliphatic rings. The molecule has 2 aliphatic heterocycles. The lowest BCUT2D eigenvalue weighted by molar-refractivity contribution is -0.161. The third-order valence-electron chi connectivity index (χ3n) is 6.42.